The molecule has 202 valence electrons. The lowest BCUT2D eigenvalue weighted by Crippen LogP contribution is -2.32. The summed E-state index contributed by atoms with van der Waals surface area (Å²) >= 11 is 26.6. The summed E-state index contributed by atoms with van der Waals surface area (Å²) in [5, 5.41) is 3.76. The van der Waals surface area contributed by atoms with Crippen LogP contribution in [0.15, 0.2) is 42.5 Å². The number of carbonyl (C=O) groups is 2. The van der Waals surface area contributed by atoms with Crippen molar-refractivity contribution in [3.05, 3.63) is 90.5 Å². The summed E-state index contributed by atoms with van der Waals surface area (Å²) in [6, 6.07) is 13.4. The second-order valence-corrected chi connectivity index (χ2v) is 11.1. The quantitative estimate of drug-likeness (QED) is 0.142. The van der Waals surface area contributed by atoms with Crippen molar-refractivity contribution in [2.45, 2.75) is 32.9 Å². The summed E-state index contributed by atoms with van der Waals surface area (Å²) in [7, 11) is 3.79. The van der Waals surface area contributed by atoms with Gasteiger partial charge in [0.2, 0.25) is 5.91 Å². The van der Waals surface area contributed by atoms with Gasteiger partial charge in [0.05, 0.1) is 31.3 Å². The van der Waals surface area contributed by atoms with Gasteiger partial charge in [0.25, 0.3) is 0 Å². The molecule has 39 heavy (non-hydrogen) atoms. The number of fused-ring (bicyclic) bond motifs is 2. The van der Waals surface area contributed by atoms with Gasteiger partial charge in [-0.2, -0.15) is 0 Å². The summed E-state index contributed by atoms with van der Waals surface area (Å²) in [5.74, 6) is -0.994. The average Bonchev–Trinajstić information content (AvgIpc) is 3.36. The molecule has 3 aromatic carbocycles. The van der Waals surface area contributed by atoms with Crippen LogP contribution in [0.1, 0.15) is 46.6 Å². The Morgan fingerprint density at radius 2 is 1.67 bits per heavy atom. The van der Waals surface area contributed by atoms with Crippen LogP contribution in [-0.2, 0) is 21.7 Å². The van der Waals surface area contributed by atoms with E-state index in [4.69, 9.17) is 51.1 Å². The molecular weight excluding hydrogens is 580 g/mol. The molecule has 1 N–H and O–H groups in total. The van der Waals surface area contributed by atoms with Gasteiger partial charge in [-0.1, -0.05) is 70.7 Å². The van der Waals surface area contributed by atoms with Crippen molar-refractivity contribution < 1.29 is 14.3 Å². The minimum atomic E-state index is -1.62. The third-order valence-corrected chi connectivity index (χ3v) is 8.98. The zero-order valence-corrected chi connectivity index (χ0v) is 24.9. The van der Waals surface area contributed by atoms with Crippen LogP contribution in [0.25, 0.3) is 10.9 Å². The van der Waals surface area contributed by atoms with Gasteiger partial charge in [0, 0.05) is 66.5 Å². The molecule has 2 heterocycles. The number of hydrogen-bond acceptors (Lipinski definition) is 4. The Labute approximate surface area is 246 Å². The maximum Gasteiger partial charge on any atom is 0.341 e. The van der Waals surface area contributed by atoms with Gasteiger partial charge in [-0.05, 0) is 32.0 Å². The number of benzene rings is 3. The number of anilines is 2. The fraction of sp³-hybridized carbons (Fsp3) is 0.241. The van der Waals surface area contributed by atoms with E-state index >= 15 is 0 Å². The van der Waals surface area contributed by atoms with Crippen LogP contribution >= 0.6 is 46.4 Å². The van der Waals surface area contributed by atoms with E-state index in [-0.39, 0.29) is 37.1 Å². The molecule has 0 saturated heterocycles. The molecule has 5 rings (SSSR count). The summed E-state index contributed by atoms with van der Waals surface area (Å²) in [5.41, 5.74) is 2.95. The van der Waals surface area contributed by atoms with Gasteiger partial charge in [0.15, 0.2) is 5.60 Å². The monoisotopic (exact) mass is 603 g/mol. The molecule has 0 spiro atoms. The van der Waals surface area contributed by atoms with Gasteiger partial charge in [-0.3, -0.25) is 4.79 Å². The molecule has 4 aromatic rings. The highest BCUT2D eigenvalue weighted by atomic mass is 35.5. The number of para-hydroxylation sites is 1. The SMILES string of the molecule is CCn1c(C)c(C2(c3ccc(N(C)C)cc3NC(C)=O)OC(=O)c3c(Cl)c(Cl)c(Cl)c(Cl)c32)c2ccccc21. The van der Waals surface area contributed by atoms with Crippen molar-refractivity contribution in [2.24, 2.45) is 0 Å². The Kier molecular flexibility index (Phi) is 7.04. The maximum atomic E-state index is 13.7. The van der Waals surface area contributed by atoms with Crippen LogP contribution in [0.4, 0.5) is 11.4 Å². The lowest BCUT2D eigenvalue weighted by Gasteiger charge is -2.34. The summed E-state index contributed by atoms with van der Waals surface area (Å²) in [6.07, 6.45) is 0. The van der Waals surface area contributed by atoms with Crippen LogP contribution in [0.3, 0.4) is 0 Å². The van der Waals surface area contributed by atoms with E-state index in [1.54, 1.807) is 0 Å². The van der Waals surface area contributed by atoms with Crippen LogP contribution in [0, 0.1) is 6.92 Å². The third kappa shape index (κ3) is 4.00. The van der Waals surface area contributed by atoms with Gasteiger partial charge in [0.1, 0.15) is 0 Å². The molecule has 1 atom stereocenters. The molecule has 0 aliphatic carbocycles. The molecule has 0 bridgehead atoms. The molecule has 1 aromatic heterocycles. The number of esters is 1. The lowest BCUT2D eigenvalue weighted by atomic mass is 9.77. The fourth-order valence-corrected chi connectivity index (χ4v) is 6.65. The zero-order chi connectivity index (χ0) is 28.4. The normalized spacial score (nSPS) is 16.4. The largest absolute Gasteiger partial charge is 0.440 e. The molecule has 1 aliphatic rings. The minimum absolute atomic E-state index is 0.00706. The smallest absolute Gasteiger partial charge is 0.341 e. The first kappa shape index (κ1) is 27.7. The van der Waals surface area contributed by atoms with E-state index in [0.29, 0.717) is 23.4 Å². The van der Waals surface area contributed by atoms with E-state index < -0.39 is 11.6 Å². The number of aromatic nitrogens is 1. The number of halogens is 4. The van der Waals surface area contributed by atoms with Crippen LogP contribution in [0.5, 0.6) is 0 Å². The summed E-state index contributed by atoms with van der Waals surface area (Å²) in [6.45, 7) is 6.09. The number of aryl methyl sites for hydroxylation is 1. The average molecular weight is 605 g/mol. The van der Waals surface area contributed by atoms with Crippen LogP contribution in [-0.4, -0.2) is 30.5 Å². The Morgan fingerprint density at radius 3 is 2.31 bits per heavy atom. The number of rotatable bonds is 5. The number of nitrogens with one attached hydrogen (secondary N) is 1. The number of ether oxygens (including phenoxy) is 1. The zero-order valence-electron chi connectivity index (χ0n) is 21.9. The highest BCUT2D eigenvalue weighted by Gasteiger charge is 2.55. The molecule has 1 unspecified atom stereocenters. The maximum absolute atomic E-state index is 13.7. The Hall–Kier alpha value is -2.90. The van der Waals surface area contributed by atoms with Crippen LogP contribution < -0.4 is 10.2 Å². The highest BCUT2D eigenvalue weighted by molar-refractivity contribution is 6.53. The van der Waals surface area contributed by atoms with Crippen molar-refractivity contribution in [1.29, 1.82) is 0 Å². The molecule has 0 radical (unpaired) electrons. The van der Waals surface area contributed by atoms with Gasteiger partial charge in [-0.25, -0.2) is 4.79 Å². The first-order chi connectivity index (χ1) is 18.4. The van der Waals surface area contributed by atoms with Gasteiger partial charge >= 0.3 is 5.97 Å². The molecular formula is C29H25Cl4N3O3. The van der Waals surface area contributed by atoms with Crippen LogP contribution in [0.2, 0.25) is 20.1 Å². The lowest BCUT2D eigenvalue weighted by molar-refractivity contribution is -0.114. The first-order valence-corrected chi connectivity index (χ1v) is 13.7. The van der Waals surface area contributed by atoms with E-state index in [0.717, 1.165) is 22.3 Å². The highest BCUT2D eigenvalue weighted by Crippen LogP contribution is 2.58. The Morgan fingerprint density at radius 1 is 1.00 bits per heavy atom. The van der Waals surface area contributed by atoms with E-state index in [1.165, 1.54) is 6.92 Å². The standard InChI is InChI=1S/C29H25Cl4N3O3/c1-6-36-14(2)22(17-9-7-8-10-20(17)36)29(18-12-11-16(35(4)5)13-19(18)34-15(3)37)23-21(28(38)39-29)24(30)26(32)27(33)25(23)31/h7-13H,6H2,1-5H3,(H,34,37). The summed E-state index contributed by atoms with van der Waals surface area (Å²) < 4.78 is 8.57. The number of cyclic esters (lactones) is 1. The van der Waals surface area contributed by atoms with Crippen molar-refractivity contribution in [1.82, 2.24) is 4.57 Å². The van der Waals surface area contributed by atoms with Gasteiger partial charge < -0.3 is 19.5 Å². The topological polar surface area (TPSA) is 63.6 Å². The molecule has 10 heteroatoms. The summed E-state index contributed by atoms with van der Waals surface area (Å²) in [4.78, 5) is 28.1. The number of nitrogens with zero attached hydrogens (tertiary/aromatic N) is 2. The molecule has 0 fully saturated rings. The second-order valence-electron chi connectivity index (χ2n) is 9.60. The van der Waals surface area contributed by atoms with Crippen molar-refractivity contribution in [2.75, 3.05) is 24.3 Å². The van der Waals surface area contributed by atoms with E-state index in [9.17, 15) is 9.59 Å². The molecule has 1 aliphatic heterocycles. The minimum Gasteiger partial charge on any atom is -0.440 e. The Bertz CT molecular complexity index is 1700. The fourth-order valence-electron chi connectivity index (χ4n) is 5.59. The second kappa shape index (κ2) is 9.93. The predicted octanol–water partition coefficient (Wildman–Crippen LogP) is 8.07. The van der Waals surface area contributed by atoms with Crippen molar-refractivity contribution in [3.8, 4) is 0 Å². The van der Waals surface area contributed by atoms with Crippen molar-refractivity contribution in [3.63, 3.8) is 0 Å². The molecule has 0 saturated carbocycles. The molecule has 6 nitrogen and oxygen atoms in total. The predicted molar refractivity (Wildman–Crippen MR) is 159 cm³/mol. The first-order valence-electron chi connectivity index (χ1n) is 12.2. The van der Waals surface area contributed by atoms with E-state index in [1.807, 2.05) is 75.3 Å². The van der Waals surface area contributed by atoms with Gasteiger partial charge in [-0.15, -0.1) is 0 Å². The van der Waals surface area contributed by atoms with Crippen molar-refractivity contribution >= 4 is 80.6 Å². The Balaban J connectivity index is 2.04. The third-order valence-electron chi connectivity index (χ3n) is 7.18. The number of carbonyl (C=O) groups excluding carboxylic acids is 2. The number of hydrogen-bond donors (Lipinski definition) is 1. The number of amides is 1. The molecule has 1 amide bonds. The van der Waals surface area contributed by atoms with E-state index in [2.05, 4.69) is 9.88 Å².